The van der Waals surface area contributed by atoms with Crippen LogP contribution in [0.1, 0.15) is 38.0 Å². The normalized spacial score (nSPS) is 18.9. The molecular weight excluding hydrogens is 228 g/mol. The molecule has 1 aliphatic heterocycles. The Morgan fingerprint density at radius 2 is 2.17 bits per heavy atom. The summed E-state index contributed by atoms with van der Waals surface area (Å²) in [5.74, 6) is 0. The van der Waals surface area contributed by atoms with Gasteiger partial charge in [-0.3, -0.25) is 4.98 Å². The summed E-state index contributed by atoms with van der Waals surface area (Å²) in [6.45, 7) is 3.97. The van der Waals surface area contributed by atoms with Crippen molar-refractivity contribution in [1.29, 1.82) is 0 Å². The second-order valence-electron chi connectivity index (χ2n) is 4.79. The number of hydrogen-bond acceptors (Lipinski definition) is 4. The summed E-state index contributed by atoms with van der Waals surface area (Å²) >= 11 is 0. The smallest absolute Gasteiger partial charge is 0.0957 e. The van der Waals surface area contributed by atoms with Gasteiger partial charge in [-0.25, -0.2) is 0 Å². The molecule has 1 atom stereocenters. The van der Waals surface area contributed by atoms with Gasteiger partial charge < -0.3 is 14.7 Å². The van der Waals surface area contributed by atoms with Gasteiger partial charge in [0.15, 0.2) is 0 Å². The predicted molar refractivity (Wildman–Crippen MR) is 71.7 cm³/mol. The first kappa shape index (κ1) is 13.3. The molecule has 1 unspecified atom stereocenters. The van der Waals surface area contributed by atoms with E-state index < -0.39 is 6.10 Å². The Morgan fingerprint density at radius 3 is 2.67 bits per heavy atom. The lowest BCUT2D eigenvalue weighted by molar-refractivity contribution is 0.0819. The maximum absolute atomic E-state index is 9.70. The van der Waals surface area contributed by atoms with Crippen molar-refractivity contribution in [2.75, 3.05) is 25.1 Å². The third-order valence-corrected chi connectivity index (χ3v) is 3.64. The molecule has 1 fully saturated rings. The molecule has 100 valence electrons. The molecule has 0 aliphatic carbocycles. The van der Waals surface area contributed by atoms with Crippen molar-refractivity contribution in [3.05, 3.63) is 24.0 Å². The summed E-state index contributed by atoms with van der Waals surface area (Å²) in [4.78, 5) is 6.66. The van der Waals surface area contributed by atoms with Crippen molar-refractivity contribution >= 4 is 5.69 Å². The molecule has 4 nitrogen and oxygen atoms in total. The Bertz CT molecular complexity index is 359. The molecule has 1 N–H and O–H groups in total. The zero-order valence-electron chi connectivity index (χ0n) is 11.2. The minimum atomic E-state index is -0.446. The molecule has 1 saturated heterocycles. The lowest BCUT2D eigenvalue weighted by atomic mass is 10.1. The van der Waals surface area contributed by atoms with Crippen LogP contribution in [0.3, 0.4) is 0 Å². The Labute approximate surface area is 109 Å². The maximum atomic E-state index is 9.70. The van der Waals surface area contributed by atoms with Gasteiger partial charge >= 0.3 is 0 Å². The molecule has 4 heteroatoms. The Balaban J connectivity index is 1.98. The van der Waals surface area contributed by atoms with E-state index in [0.29, 0.717) is 12.5 Å². The van der Waals surface area contributed by atoms with Gasteiger partial charge in [0.25, 0.3) is 0 Å². The number of pyridine rings is 1. The SMILES string of the molecule is CCC(O)c1ccc(N2CCC(OC)CC2)cn1. The van der Waals surface area contributed by atoms with Crippen molar-refractivity contribution in [3.8, 4) is 0 Å². The fourth-order valence-corrected chi connectivity index (χ4v) is 2.34. The number of anilines is 1. The second kappa shape index (κ2) is 6.16. The molecule has 0 aromatic carbocycles. The zero-order chi connectivity index (χ0) is 13.0. The molecule has 18 heavy (non-hydrogen) atoms. The third kappa shape index (κ3) is 3.00. The molecule has 2 rings (SSSR count). The van der Waals surface area contributed by atoms with Crippen LogP contribution in [0.4, 0.5) is 5.69 Å². The lowest BCUT2D eigenvalue weighted by Crippen LogP contribution is -2.36. The largest absolute Gasteiger partial charge is 0.387 e. The minimum absolute atomic E-state index is 0.399. The third-order valence-electron chi connectivity index (χ3n) is 3.64. The number of nitrogens with zero attached hydrogens (tertiary/aromatic N) is 2. The van der Waals surface area contributed by atoms with E-state index in [9.17, 15) is 5.11 Å². The molecule has 1 aliphatic rings. The van der Waals surface area contributed by atoms with Crippen LogP contribution in [0.15, 0.2) is 18.3 Å². The number of rotatable bonds is 4. The molecule has 0 saturated carbocycles. The van der Waals surface area contributed by atoms with Crippen LogP contribution in [0.2, 0.25) is 0 Å². The highest BCUT2D eigenvalue weighted by molar-refractivity contribution is 5.45. The van der Waals surface area contributed by atoms with Gasteiger partial charge in [-0.2, -0.15) is 0 Å². The van der Waals surface area contributed by atoms with Crippen molar-refractivity contribution < 1.29 is 9.84 Å². The van der Waals surface area contributed by atoms with Crippen molar-refractivity contribution in [2.45, 2.75) is 38.4 Å². The highest BCUT2D eigenvalue weighted by atomic mass is 16.5. The second-order valence-corrected chi connectivity index (χ2v) is 4.79. The molecule has 1 aromatic rings. The molecule has 0 radical (unpaired) electrons. The lowest BCUT2D eigenvalue weighted by Gasteiger charge is -2.32. The number of aliphatic hydroxyl groups is 1. The van der Waals surface area contributed by atoms with Crippen LogP contribution in [0.25, 0.3) is 0 Å². The van der Waals surface area contributed by atoms with E-state index in [2.05, 4.69) is 9.88 Å². The van der Waals surface area contributed by atoms with E-state index in [1.165, 1.54) is 0 Å². The van der Waals surface area contributed by atoms with Crippen LogP contribution in [-0.2, 0) is 4.74 Å². The van der Waals surface area contributed by atoms with Crippen LogP contribution >= 0.6 is 0 Å². The van der Waals surface area contributed by atoms with E-state index in [-0.39, 0.29) is 0 Å². The van der Waals surface area contributed by atoms with Crippen LogP contribution < -0.4 is 4.90 Å². The summed E-state index contributed by atoms with van der Waals surface area (Å²) in [7, 11) is 1.78. The Hall–Kier alpha value is -1.13. The van der Waals surface area contributed by atoms with Gasteiger partial charge in [-0.15, -0.1) is 0 Å². The number of aromatic nitrogens is 1. The molecular formula is C14H22N2O2. The van der Waals surface area contributed by atoms with E-state index in [0.717, 1.165) is 37.3 Å². The van der Waals surface area contributed by atoms with Gasteiger partial charge in [-0.1, -0.05) is 6.92 Å². The van der Waals surface area contributed by atoms with E-state index >= 15 is 0 Å². The predicted octanol–water partition coefficient (Wildman–Crippen LogP) is 2.14. The Morgan fingerprint density at radius 1 is 1.44 bits per heavy atom. The van der Waals surface area contributed by atoms with Gasteiger partial charge in [0, 0.05) is 20.2 Å². The van der Waals surface area contributed by atoms with Crippen molar-refractivity contribution in [2.24, 2.45) is 0 Å². The molecule has 0 bridgehead atoms. The first-order chi connectivity index (χ1) is 8.74. The summed E-state index contributed by atoms with van der Waals surface area (Å²) in [5, 5.41) is 9.70. The average molecular weight is 250 g/mol. The number of hydrogen-bond donors (Lipinski definition) is 1. The van der Waals surface area contributed by atoms with E-state index in [1.807, 2.05) is 25.3 Å². The van der Waals surface area contributed by atoms with Crippen LogP contribution in [0, 0.1) is 0 Å². The van der Waals surface area contributed by atoms with Crippen LogP contribution in [0.5, 0.6) is 0 Å². The van der Waals surface area contributed by atoms with Crippen molar-refractivity contribution in [1.82, 2.24) is 4.98 Å². The Kier molecular flexibility index (Phi) is 4.55. The number of methoxy groups -OCH3 is 1. The van der Waals surface area contributed by atoms with Crippen LogP contribution in [-0.4, -0.2) is 36.4 Å². The quantitative estimate of drug-likeness (QED) is 0.889. The van der Waals surface area contributed by atoms with E-state index in [1.54, 1.807) is 7.11 Å². The minimum Gasteiger partial charge on any atom is -0.387 e. The topological polar surface area (TPSA) is 45.6 Å². The average Bonchev–Trinajstić information content (AvgIpc) is 2.47. The zero-order valence-corrected chi connectivity index (χ0v) is 11.2. The number of piperidine rings is 1. The summed E-state index contributed by atoms with van der Waals surface area (Å²) in [6.07, 6.45) is 4.65. The van der Waals surface area contributed by atoms with E-state index in [4.69, 9.17) is 4.74 Å². The summed E-state index contributed by atoms with van der Waals surface area (Å²) in [6, 6.07) is 3.97. The fourth-order valence-electron chi connectivity index (χ4n) is 2.34. The highest BCUT2D eigenvalue weighted by Gasteiger charge is 2.19. The van der Waals surface area contributed by atoms with Gasteiger partial charge in [0.2, 0.25) is 0 Å². The first-order valence-electron chi connectivity index (χ1n) is 6.66. The maximum Gasteiger partial charge on any atom is 0.0957 e. The first-order valence-corrected chi connectivity index (χ1v) is 6.66. The standard InChI is InChI=1S/C14H22N2O2/c1-3-14(17)13-5-4-11(10-15-13)16-8-6-12(18-2)7-9-16/h4-5,10,12,14,17H,3,6-9H2,1-2H3. The summed E-state index contributed by atoms with van der Waals surface area (Å²) < 4.78 is 5.37. The molecule has 0 amide bonds. The number of ether oxygens (including phenoxy) is 1. The van der Waals surface area contributed by atoms with Crippen molar-refractivity contribution in [3.63, 3.8) is 0 Å². The van der Waals surface area contributed by atoms with Gasteiger partial charge in [0.1, 0.15) is 0 Å². The molecule has 0 spiro atoms. The number of aliphatic hydroxyl groups excluding tert-OH is 1. The van der Waals surface area contributed by atoms with Gasteiger partial charge in [0.05, 0.1) is 29.8 Å². The molecule has 1 aromatic heterocycles. The highest BCUT2D eigenvalue weighted by Crippen LogP contribution is 2.22. The summed E-state index contributed by atoms with van der Waals surface area (Å²) in [5.41, 5.74) is 1.89. The van der Waals surface area contributed by atoms with Gasteiger partial charge in [-0.05, 0) is 31.4 Å². The fraction of sp³-hybridized carbons (Fsp3) is 0.643. The molecule has 2 heterocycles. The monoisotopic (exact) mass is 250 g/mol.